The lowest BCUT2D eigenvalue weighted by Gasteiger charge is -2.13. The number of anilines is 1. The maximum absolute atomic E-state index is 13.6. The quantitative estimate of drug-likeness (QED) is 0.767. The molecule has 0 spiro atoms. The third-order valence-corrected chi connectivity index (χ3v) is 5.30. The fraction of sp³-hybridized carbons (Fsp3) is 0.176. The highest BCUT2D eigenvalue weighted by Gasteiger charge is 2.38. The van der Waals surface area contributed by atoms with Crippen LogP contribution < -0.4 is 5.32 Å². The maximum Gasteiger partial charge on any atom is 0.242 e. The van der Waals surface area contributed by atoms with E-state index in [1.165, 1.54) is 46.2 Å². The molecule has 26 heavy (non-hydrogen) atoms. The van der Waals surface area contributed by atoms with Crippen LogP contribution in [-0.2, 0) is 9.59 Å². The van der Waals surface area contributed by atoms with Crippen LogP contribution in [0.5, 0.6) is 0 Å². The van der Waals surface area contributed by atoms with Crippen molar-refractivity contribution < 1.29 is 14.0 Å². The number of nitrogens with one attached hydrogen (secondary N) is 1. The average Bonchev–Trinajstić information content (AvgIpc) is 3.22. The van der Waals surface area contributed by atoms with Crippen molar-refractivity contribution in [3.8, 4) is 0 Å². The van der Waals surface area contributed by atoms with Gasteiger partial charge in [0.1, 0.15) is 11.1 Å². The standard InChI is InChI=1S/C17H15FN4O2S2/c1-2-8-22-15(24)13(26-17(22)21-16-19-7-9-25-16)10-14(23)20-12-6-4-3-5-11(12)18/h2-7,9,13H,1,8,10H2,(H,20,23)/t13-/m1/s1. The summed E-state index contributed by atoms with van der Waals surface area (Å²) in [5.74, 6) is -1.19. The van der Waals surface area contributed by atoms with Gasteiger partial charge in [-0.3, -0.25) is 14.5 Å². The molecule has 2 heterocycles. The van der Waals surface area contributed by atoms with Gasteiger partial charge in [-0.1, -0.05) is 30.0 Å². The number of nitrogens with zero attached hydrogens (tertiary/aromatic N) is 3. The highest BCUT2D eigenvalue weighted by atomic mass is 32.2. The summed E-state index contributed by atoms with van der Waals surface area (Å²) in [6, 6.07) is 5.89. The lowest BCUT2D eigenvalue weighted by Crippen LogP contribution is -2.33. The Balaban J connectivity index is 1.72. The van der Waals surface area contributed by atoms with Crippen molar-refractivity contribution in [3.05, 3.63) is 54.3 Å². The Morgan fingerprint density at radius 2 is 2.27 bits per heavy atom. The molecule has 0 radical (unpaired) electrons. The summed E-state index contributed by atoms with van der Waals surface area (Å²) in [6.45, 7) is 3.94. The molecule has 1 aromatic heterocycles. The van der Waals surface area contributed by atoms with Gasteiger partial charge in [0.2, 0.25) is 16.9 Å². The predicted molar refractivity (Wildman–Crippen MR) is 102 cm³/mol. The first-order valence-electron chi connectivity index (χ1n) is 7.70. The number of carbonyl (C=O) groups is 2. The summed E-state index contributed by atoms with van der Waals surface area (Å²) in [6.07, 6.45) is 3.14. The van der Waals surface area contributed by atoms with Crippen LogP contribution in [0.15, 0.2) is 53.5 Å². The molecule has 0 saturated carbocycles. The molecule has 1 fully saturated rings. The number of rotatable bonds is 6. The molecule has 1 aromatic carbocycles. The first-order chi connectivity index (χ1) is 12.6. The van der Waals surface area contributed by atoms with Crippen molar-refractivity contribution >= 4 is 50.9 Å². The second-order valence-corrected chi connectivity index (χ2v) is 7.33. The third-order valence-electron chi connectivity index (χ3n) is 3.46. The van der Waals surface area contributed by atoms with E-state index in [1.807, 2.05) is 0 Å². The molecule has 2 amide bonds. The number of amidine groups is 1. The topological polar surface area (TPSA) is 74.7 Å². The molecule has 1 saturated heterocycles. The van der Waals surface area contributed by atoms with Gasteiger partial charge in [-0.15, -0.1) is 17.9 Å². The van der Waals surface area contributed by atoms with Crippen LogP contribution in [0.1, 0.15) is 6.42 Å². The van der Waals surface area contributed by atoms with Gasteiger partial charge in [0, 0.05) is 24.5 Å². The summed E-state index contributed by atoms with van der Waals surface area (Å²) in [4.78, 5) is 34.7. The van der Waals surface area contributed by atoms with Crippen LogP contribution in [0.3, 0.4) is 0 Å². The van der Waals surface area contributed by atoms with E-state index in [0.29, 0.717) is 16.8 Å². The predicted octanol–water partition coefficient (Wildman–Crippen LogP) is 3.43. The van der Waals surface area contributed by atoms with Crippen LogP contribution in [0.2, 0.25) is 0 Å². The molecular formula is C17H15FN4O2S2. The second kappa shape index (κ2) is 8.24. The summed E-state index contributed by atoms with van der Waals surface area (Å²) in [5, 5.41) is 4.67. The normalized spacial score (nSPS) is 18.3. The summed E-state index contributed by atoms with van der Waals surface area (Å²) >= 11 is 2.55. The van der Waals surface area contributed by atoms with Crippen molar-refractivity contribution in [2.24, 2.45) is 4.99 Å². The van der Waals surface area contributed by atoms with Gasteiger partial charge in [0.25, 0.3) is 0 Å². The summed E-state index contributed by atoms with van der Waals surface area (Å²) in [7, 11) is 0. The van der Waals surface area contributed by atoms with E-state index < -0.39 is 17.0 Å². The number of benzene rings is 1. The number of hydrogen-bond donors (Lipinski definition) is 1. The highest BCUT2D eigenvalue weighted by Crippen LogP contribution is 2.32. The van der Waals surface area contributed by atoms with E-state index >= 15 is 0 Å². The fourth-order valence-electron chi connectivity index (χ4n) is 2.31. The Bertz CT molecular complexity index is 854. The van der Waals surface area contributed by atoms with Gasteiger partial charge in [-0.2, -0.15) is 4.99 Å². The smallest absolute Gasteiger partial charge is 0.242 e. The molecule has 0 bridgehead atoms. The van der Waals surface area contributed by atoms with Gasteiger partial charge in [0.15, 0.2) is 5.17 Å². The number of carbonyl (C=O) groups excluding carboxylic acids is 2. The number of hydrogen-bond acceptors (Lipinski definition) is 6. The van der Waals surface area contributed by atoms with Crippen LogP contribution in [0.4, 0.5) is 15.2 Å². The number of para-hydroxylation sites is 1. The van der Waals surface area contributed by atoms with Crippen LogP contribution >= 0.6 is 23.1 Å². The SMILES string of the molecule is C=CCN1C(=O)[C@@H](CC(=O)Nc2ccccc2F)SC1=Nc1nccs1. The summed E-state index contributed by atoms with van der Waals surface area (Å²) in [5.41, 5.74) is 0.0903. The van der Waals surface area contributed by atoms with E-state index in [4.69, 9.17) is 0 Å². The Kier molecular flexibility index (Phi) is 5.79. The van der Waals surface area contributed by atoms with Crippen molar-refractivity contribution in [1.82, 2.24) is 9.88 Å². The molecule has 6 nitrogen and oxygen atoms in total. The van der Waals surface area contributed by atoms with Crippen molar-refractivity contribution in [1.29, 1.82) is 0 Å². The monoisotopic (exact) mass is 390 g/mol. The fourth-order valence-corrected chi connectivity index (χ4v) is 4.02. The minimum atomic E-state index is -0.625. The average molecular weight is 390 g/mol. The first-order valence-corrected chi connectivity index (χ1v) is 9.46. The highest BCUT2D eigenvalue weighted by molar-refractivity contribution is 8.15. The molecule has 3 rings (SSSR count). The van der Waals surface area contributed by atoms with E-state index in [0.717, 1.165) is 0 Å². The second-order valence-electron chi connectivity index (χ2n) is 5.29. The largest absolute Gasteiger partial charge is 0.324 e. The summed E-state index contributed by atoms with van der Waals surface area (Å²) < 4.78 is 13.6. The molecular weight excluding hydrogens is 375 g/mol. The molecule has 0 aliphatic carbocycles. The van der Waals surface area contributed by atoms with Gasteiger partial charge >= 0.3 is 0 Å². The zero-order valence-electron chi connectivity index (χ0n) is 13.6. The lowest BCUT2D eigenvalue weighted by molar-refractivity contribution is -0.127. The minimum Gasteiger partial charge on any atom is -0.324 e. The first kappa shape index (κ1) is 18.3. The molecule has 134 valence electrons. The van der Waals surface area contributed by atoms with E-state index in [-0.39, 0.29) is 18.0 Å². The third kappa shape index (κ3) is 4.17. The molecule has 1 atom stereocenters. The van der Waals surface area contributed by atoms with Crippen LogP contribution in [0, 0.1) is 5.82 Å². The number of amides is 2. The van der Waals surface area contributed by atoms with E-state index in [2.05, 4.69) is 21.9 Å². The number of thiazole rings is 1. The van der Waals surface area contributed by atoms with E-state index in [1.54, 1.807) is 23.7 Å². The molecule has 1 aliphatic rings. The number of thioether (sulfide) groups is 1. The zero-order chi connectivity index (χ0) is 18.5. The molecule has 0 unspecified atom stereocenters. The van der Waals surface area contributed by atoms with Crippen molar-refractivity contribution in [2.75, 3.05) is 11.9 Å². The van der Waals surface area contributed by atoms with E-state index in [9.17, 15) is 14.0 Å². The molecule has 9 heteroatoms. The van der Waals surface area contributed by atoms with Crippen molar-refractivity contribution in [2.45, 2.75) is 11.7 Å². The van der Waals surface area contributed by atoms with Crippen LogP contribution in [0.25, 0.3) is 0 Å². The lowest BCUT2D eigenvalue weighted by atomic mass is 10.2. The number of aromatic nitrogens is 1. The number of aliphatic imine (C=N–C) groups is 1. The van der Waals surface area contributed by atoms with Crippen molar-refractivity contribution in [3.63, 3.8) is 0 Å². The van der Waals surface area contributed by atoms with Crippen LogP contribution in [-0.4, -0.2) is 38.7 Å². The molecule has 2 aromatic rings. The Morgan fingerprint density at radius 1 is 1.46 bits per heavy atom. The maximum atomic E-state index is 13.6. The Labute approximate surface area is 157 Å². The molecule has 1 aliphatic heterocycles. The van der Waals surface area contributed by atoms with Gasteiger partial charge in [-0.25, -0.2) is 9.37 Å². The minimum absolute atomic E-state index is 0.0810. The Hall–Kier alpha value is -2.52. The van der Waals surface area contributed by atoms with Gasteiger partial charge < -0.3 is 5.32 Å². The van der Waals surface area contributed by atoms with Gasteiger partial charge in [0.05, 0.1) is 5.69 Å². The van der Waals surface area contributed by atoms with Gasteiger partial charge in [-0.05, 0) is 12.1 Å². The zero-order valence-corrected chi connectivity index (χ0v) is 15.2. The molecule has 1 N–H and O–H groups in total. The number of halogens is 1. The Morgan fingerprint density at radius 3 is 2.96 bits per heavy atom.